The van der Waals surface area contributed by atoms with Gasteiger partial charge in [-0.15, -0.1) is 0 Å². The number of hydrogen-bond donors (Lipinski definition) is 1. The quantitative estimate of drug-likeness (QED) is 0.445. The van der Waals surface area contributed by atoms with Crippen molar-refractivity contribution < 1.29 is 39.6 Å². The van der Waals surface area contributed by atoms with E-state index in [2.05, 4.69) is 20.3 Å². The van der Waals surface area contributed by atoms with Gasteiger partial charge in [-0.1, -0.05) is 0 Å². The van der Waals surface area contributed by atoms with Crippen LogP contribution in [-0.4, -0.2) is 58.5 Å². The highest BCUT2D eigenvalue weighted by molar-refractivity contribution is 7.89. The number of alkyl halides is 5. The zero-order chi connectivity index (χ0) is 27.7. The van der Waals surface area contributed by atoms with Crippen molar-refractivity contribution in [1.82, 2.24) is 24.6 Å². The number of pyridine rings is 1. The Labute approximate surface area is 212 Å². The number of nitrogens with one attached hydrogen (secondary N) is 1. The summed E-state index contributed by atoms with van der Waals surface area (Å²) in [6.07, 6.45) is -3.29. The molecule has 3 aromatic rings. The number of hydrogen-bond acceptors (Lipinski definition) is 6. The van der Waals surface area contributed by atoms with E-state index in [-0.39, 0.29) is 23.5 Å². The second kappa shape index (κ2) is 10.3. The maximum atomic E-state index is 14.9. The molecule has 0 spiro atoms. The molecule has 2 aromatic heterocycles. The summed E-state index contributed by atoms with van der Waals surface area (Å²) in [6.45, 7) is -2.72. The minimum Gasteiger partial charge on any atom is -0.349 e. The van der Waals surface area contributed by atoms with Crippen LogP contribution in [0.3, 0.4) is 0 Å². The van der Waals surface area contributed by atoms with E-state index in [0.29, 0.717) is 4.31 Å². The summed E-state index contributed by atoms with van der Waals surface area (Å²) in [5.41, 5.74) is -3.05. The Balaban J connectivity index is 1.51. The molecule has 1 aromatic carbocycles. The monoisotopic (exact) mass is 559 g/mol. The minimum atomic E-state index is -4.61. The molecule has 1 saturated heterocycles. The van der Waals surface area contributed by atoms with Gasteiger partial charge in [0, 0.05) is 18.2 Å². The Morgan fingerprint density at radius 1 is 1.11 bits per heavy atom. The van der Waals surface area contributed by atoms with Crippen molar-refractivity contribution >= 4 is 15.9 Å². The second-order valence-electron chi connectivity index (χ2n) is 8.55. The SMILES string of the molecule is O=C(NCc1cc(-c2ccc(C(F)(F)F)nc2)ncn1)[C@@H]1C[C@](F)(CF)CN1S(=O)(=O)c1ccc(F)cc1. The van der Waals surface area contributed by atoms with Crippen molar-refractivity contribution in [3.8, 4) is 11.3 Å². The molecule has 0 bridgehead atoms. The van der Waals surface area contributed by atoms with Crippen molar-refractivity contribution in [3.63, 3.8) is 0 Å². The van der Waals surface area contributed by atoms with E-state index in [0.717, 1.165) is 48.9 Å². The largest absolute Gasteiger partial charge is 0.433 e. The Bertz CT molecular complexity index is 1420. The van der Waals surface area contributed by atoms with Crippen LogP contribution in [0.5, 0.6) is 0 Å². The van der Waals surface area contributed by atoms with Crippen LogP contribution in [0.25, 0.3) is 11.3 Å². The van der Waals surface area contributed by atoms with Gasteiger partial charge >= 0.3 is 6.18 Å². The summed E-state index contributed by atoms with van der Waals surface area (Å²) in [6, 6.07) is 5.37. The zero-order valence-electron chi connectivity index (χ0n) is 19.3. The van der Waals surface area contributed by atoms with Gasteiger partial charge in [-0.3, -0.25) is 9.78 Å². The number of nitrogens with zero attached hydrogens (tertiary/aromatic N) is 4. The van der Waals surface area contributed by atoms with Crippen molar-refractivity contribution in [2.45, 2.75) is 35.7 Å². The lowest BCUT2D eigenvalue weighted by Gasteiger charge is -2.23. The molecule has 2 atom stereocenters. The van der Waals surface area contributed by atoms with Crippen LogP contribution >= 0.6 is 0 Å². The molecule has 3 heterocycles. The first kappa shape index (κ1) is 27.4. The Hall–Kier alpha value is -3.59. The minimum absolute atomic E-state index is 0.200. The maximum Gasteiger partial charge on any atom is 0.433 e. The Morgan fingerprint density at radius 3 is 2.42 bits per heavy atom. The van der Waals surface area contributed by atoms with E-state index in [1.807, 2.05) is 0 Å². The third-order valence-electron chi connectivity index (χ3n) is 5.83. The fourth-order valence-corrected chi connectivity index (χ4v) is 5.54. The van der Waals surface area contributed by atoms with Crippen molar-refractivity contribution in [2.24, 2.45) is 0 Å². The van der Waals surface area contributed by atoms with Gasteiger partial charge in [0.2, 0.25) is 15.9 Å². The fourth-order valence-electron chi connectivity index (χ4n) is 3.88. The summed E-state index contributed by atoms with van der Waals surface area (Å²) < 4.78 is 106. The van der Waals surface area contributed by atoms with Crippen LogP contribution in [0.15, 0.2) is 59.9 Å². The summed E-state index contributed by atoms with van der Waals surface area (Å²) in [5.74, 6) is -1.64. The molecule has 1 aliphatic heterocycles. The molecule has 1 aliphatic rings. The second-order valence-corrected chi connectivity index (χ2v) is 10.4. The van der Waals surface area contributed by atoms with E-state index < -0.39 is 69.9 Å². The van der Waals surface area contributed by atoms with E-state index in [1.165, 1.54) is 6.07 Å². The normalized spacial score (nSPS) is 20.4. The number of sulfonamides is 1. The van der Waals surface area contributed by atoms with E-state index in [9.17, 15) is 39.6 Å². The van der Waals surface area contributed by atoms with Crippen LogP contribution in [0.4, 0.5) is 26.3 Å². The average Bonchev–Trinajstić information content (AvgIpc) is 3.26. The molecular weight excluding hydrogens is 540 g/mol. The lowest BCUT2D eigenvalue weighted by Crippen LogP contribution is -2.45. The van der Waals surface area contributed by atoms with Gasteiger partial charge in [0.1, 0.15) is 30.6 Å². The van der Waals surface area contributed by atoms with Crippen LogP contribution < -0.4 is 5.32 Å². The van der Waals surface area contributed by atoms with Gasteiger partial charge in [0.05, 0.1) is 29.4 Å². The van der Waals surface area contributed by atoms with E-state index in [4.69, 9.17) is 0 Å². The molecule has 8 nitrogen and oxygen atoms in total. The molecule has 4 rings (SSSR count). The summed E-state index contributed by atoms with van der Waals surface area (Å²) >= 11 is 0. The highest BCUT2D eigenvalue weighted by Crippen LogP contribution is 2.36. The summed E-state index contributed by atoms with van der Waals surface area (Å²) in [5, 5.41) is 2.42. The topological polar surface area (TPSA) is 105 Å². The zero-order valence-corrected chi connectivity index (χ0v) is 20.1. The van der Waals surface area contributed by atoms with Crippen molar-refractivity contribution in [3.05, 3.63) is 72.2 Å². The third kappa shape index (κ3) is 5.78. The van der Waals surface area contributed by atoms with Gasteiger partial charge < -0.3 is 5.32 Å². The number of amides is 1. The first-order valence-corrected chi connectivity index (χ1v) is 12.4. The third-order valence-corrected chi connectivity index (χ3v) is 7.69. The predicted molar refractivity (Wildman–Crippen MR) is 121 cm³/mol. The highest BCUT2D eigenvalue weighted by Gasteiger charge is 2.52. The Morgan fingerprint density at radius 2 is 1.82 bits per heavy atom. The number of aromatic nitrogens is 3. The average molecular weight is 559 g/mol. The van der Waals surface area contributed by atoms with Gasteiger partial charge in [0.15, 0.2) is 5.67 Å². The van der Waals surface area contributed by atoms with Crippen LogP contribution in [0.2, 0.25) is 0 Å². The van der Waals surface area contributed by atoms with Crippen LogP contribution in [0.1, 0.15) is 17.8 Å². The number of benzene rings is 1. The number of carbonyl (C=O) groups is 1. The summed E-state index contributed by atoms with van der Waals surface area (Å²) in [4.78, 5) is 23.8. The van der Waals surface area contributed by atoms with Crippen molar-refractivity contribution in [2.75, 3.05) is 13.2 Å². The lowest BCUT2D eigenvalue weighted by molar-refractivity contribution is -0.141. The lowest BCUT2D eigenvalue weighted by atomic mass is 10.0. The molecule has 38 heavy (non-hydrogen) atoms. The summed E-state index contributed by atoms with van der Waals surface area (Å²) in [7, 11) is -4.48. The predicted octanol–water partition coefficient (Wildman–Crippen LogP) is 3.45. The number of carbonyl (C=O) groups excluding carboxylic acids is 1. The van der Waals surface area contributed by atoms with E-state index in [1.54, 1.807) is 0 Å². The first-order chi connectivity index (χ1) is 17.8. The molecule has 0 radical (unpaired) electrons. The first-order valence-electron chi connectivity index (χ1n) is 11.0. The van der Waals surface area contributed by atoms with Gasteiger partial charge in [0.25, 0.3) is 0 Å². The van der Waals surface area contributed by atoms with Crippen LogP contribution in [-0.2, 0) is 27.5 Å². The molecule has 15 heteroatoms. The molecule has 0 saturated carbocycles. The molecule has 1 fully saturated rings. The van der Waals surface area contributed by atoms with Gasteiger partial charge in [-0.25, -0.2) is 31.6 Å². The van der Waals surface area contributed by atoms with E-state index >= 15 is 0 Å². The van der Waals surface area contributed by atoms with Crippen LogP contribution in [0, 0.1) is 5.82 Å². The molecule has 202 valence electrons. The molecule has 0 unspecified atom stereocenters. The number of halogens is 6. The molecule has 1 N–H and O–H groups in total. The molecular formula is C23H19F6N5O3S. The number of rotatable bonds is 7. The smallest absolute Gasteiger partial charge is 0.349 e. The molecule has 0 aliphatic carbocycles. The standard InChI is InChI=1S/C23H19F6N5O3S/c24-11-22(26)8-19(34(12-22)38(36,37)17-4-2-15(25)3-5-17)21(35)31-10-16-7-18(33-13-32-16)14-1-6-20(30-9-14)23(27,28)29/h1-7,9,13,19H,8,10-12H2,(H,31,35)/t19-,22-/m0/s1. The fraction of sp³-hybridized carbons (Fsp3) is 0.304. The maximum absolute atomic E-state index is 14.9. The Kier molecular flexibility index (Phi) is 7.43. The molecule has 1 amide bonds. The van der Waals surface area contributed by atoms with Gasteiger partial charge in [-0.05, 0) is 42.5 Å². The van der Waals surface area contributed by atoms with Gasteiger partial charge in [-0.2, -0.15) is 17.5 Å². The van der Waals surface area contributed by atoms with Crippen molar-refractivity contribution in [1.29, 1.82) is 0 Å². The highest BCUT2D eigenvalue weighted by atomic mass is 32.2.